The van der Waals surface area contributed by atoms with Gasteiger partial charge in [-0.2, -0.15) is 10.2 Å². The number of rotatable bonds is 5. The number of nitrogens with one attached hydrogen (secondary N) is 1. The molecule has 122 valence electrons. The zero-order valence-electron chi connectivity index (χ0n) is 13.0. The van der Waals surface area contributed by atoms with Crippen LogP contribution in [-0.4, -0.2) is 24.5 Å². The molecule has 0 spiro atoms. The van der Waals surface area contributed by atoms with Crippen LogP contribution in [0.1, 0.15) is 12.0 Å². The normalized spacial score (nSPS) is 17.0. The Bertz CT molecular complexity index is 742. The molecule has 24 heavy (non-hydrogen) atoms. The van der Waals surface area contributed by atoms with Gasteiger partial charge >= 0.3 is 5.97 Å². The number of cyclic esters (lactones) is 1. The summed E-state index contributed by atoms with van der Waals surface area (Å²) in [5.41, 5.74) is 2.34. The standard InChI is InChI=1S/C18H17N3O3/c22-17(19-16-10-11-24-18(16)23)12-13-6-8-15(9-7-13)21-20-14-4-2-1-3-5-14/h1-9,16H,10-12H2,(H,19,22)/t16-/m1/s1. The number of ether oxygens (including phenoxy) is 1. The van der Waals surface area contributed by atoms with Crippen LogP contribution in [0, 0.1) is 0 Å². The Labute approximate surface area is 139 Å². The molecule has 2 aromatic rings. The van der Waals surface area contributed by atoms with Gasteiger partial charge in [-0.1, -0.05) is 30.3 Å². The predicted octanol–water partition coefficient (Wildman–Crippen LogP) is 3.08. The van der Waals surface area contributed by atoms with Gasteiger partial charge in [-0.25, -0.2) is 4.79 Å². The summed E-state index contributed by atoms with van der Waals surface area (Å²) in [7, 11) is 0. The van der Waals surface area contributed by atoms with Gasteiger partial charge in [0, 0.05) is 6.42 Å². The van der Waals surface area contributed by atoms with Crippen LogP contribution >= 0.6 is 0 Å². The number of azo groups is 1. The minimum absolute atomic E-state index is 0.197. The smallest absolute Gasteiger partial charge is 0.328 e. The van der Waals surface area contributed by atoms with Crippen LogP contribution in [0.3, 0.4) is 0 Å². The van der Waals surface area contributed by atoms with Crippen LogP contribution in [-0.2, 0) is 20.7 Å². The first-order chi connectivity index (χ1) is 11.7. The lowest BCUT2D eigenvalue weighted by Crippen LogP contribution is -2.38. The molecule has 1 heterocycles. The topological polar surface area (TPSA) is 80.1 Å². The van der Waals surface area contributed by atoms with Crippen LogP contribution < -0.4 is 5.32 Å². The van der Waals surface area contributed by atoms with Crippen molar-refractivity contribution >= 4 is 23.3 Å². The van der Waals surface area contributed by atoms with Gasteiger partial charge in [-0.05, 0) is 29.8 Å². The van der Waals surface area contributed by atoms with E-state index in [0.717, 1.165) is 11.3 Å². The maximum Gasteiger partial charge on any atom is 0.328 e. The van der Waals surface area contributed by atoms with Gasteiger partial charge in [0.25, 0.3) is 0 Å². The zero-order valence-corrected chi connectivity index (χ0v) is 13.0. The maximum atomic E-state index is 11.9. The number of carbonyl (C=O) groups is 2. The fourth-order valence-corrected chi connectivity index (χ4v) is 2.35. The third-order valence-electron chi connectivity index (χ3n) is 3.61. The van der Waals surface area contributed by atoms with E-state index in [9.17, 15) is 9.59 Å². The van der Waals surface area contributed by atoms with Gasteiger partial charge < -0.3 is 10.1 Å². The van der Waals surface area contributed by atoms with Crippen LogP contribution in [0.25, 0.3) is 0 Å². The summed E-state index contributed by atoms with van der Waals surface area (Å²) in [5, 5.41) is 11.0. The molecule has 0 aromatic heterocycles. The fourth-order valence-electron chi connectivity index (χ4n) is 2.35. The highest BCUT2D eigenvalue weighted by molar-refractivity contribution is 5.86. The van der Waals surface area contributed by atoms with E-state index < -0.39 is 6.04 Å². The van der Waals surface area contributed by atoms with Crippen molar-refractivity contribution in [3.63, 3.8) is 0 Å². The van der Waals surface area contributed by atoms with Gasteiger partial charge in [0.15, 0.2) is 0 Å². The van der Waals surface area contributed by atoms with Gasteiger partial charge in [0.2, 0.25) is 5.91 Å². The molecule has 3 rings (SSSR count). The lowest BCUT2D eigenvalue weighted by molar-refractivity contribution is -0.141. The van der Waals surface area contributed by atoms with E-state index in [1.165, 1.54) is 0 Å². The van der Waals surface area contributed by atoms with Gasteiger partial charge in [-0.3, -0.25) is 4.79 Å². The SMILES string of the molecule is O=C(Cc1ccc(N=Nc2ccccc2)cc1)N[C@@H]1CCOC1=O. The summed E-state index contributed by atoms with van der Waals surface area (Å²) in [6.45, 7) is 0.366. The summed E-state index contributed by atoms with van der Waals surface area (Å²) in [4.78, 5) is 23.3. The molecular weight excluding hydrogens is 306 g/mol. The average Bonchev–Trinajstić information content (AvgIpc) is 3.00. The van der Waals surface area contributed by atoms with E-state index in [1.807, 2.05) is 42.5 Å². The van der Waals surface area contributed by atoms with E-state index in [4.69, 9.17) is 4.74 Å². The highest BCUT2D eigenvalue weighted by atomic mass is 16.5. The summed E-state index contributed by atoms with van der Waals surface area (Å²) in [6.07, 6.45) is 0.739. The number of hydrogen-bond acceptors (Lipinski definition) is 5. The van der Waals surface area contributed by atoms with Crippen molar-refractivity contribution in [1.82, 2.24) is 5.32 Å². The van der Waals surface area contributed by atoms with Crippen LogP contribution in [0.15, 0.2) is 64.8 Å². The maximum absolute atomic E-state index is 11.9. The first kappa shape index (κ1) is 15.9. The highest BCUT2D eigenvalue weighted by Gasteiger charge is 2.27. The number of esters is 1. The second kappa shape index (κ2) is 7.50. The Hall–Kier alpha value is -3.02. The van der Waals surface area contributed by atoms with Crippen LogP contribution in [0.2, 0.25) is 0 Å². The molecule has 0 saturated carbocycles. The van der Waals surface area contributed by atoms with Gasteiger partial charge in [0.1, 0.15) is 6.04 Å². The number of carbonyl (C=O) groups excluding carboxylic acids is 2. The molecule has 6 nitrogen and oxygen atoms in total. The first-order valence-corrected chi connectivity index (χ1v) is 7.72. The first-order valence-electron chi connectivity index (χ1n) is 7.72. The second-order valence-electron chi connectivity index (χ2n) is 5.46. The summed E-state index contributed by atoms with van der Waals surface area (Å²) in [6, 6.07) is 16.2. The molecule has 0 radical (unpaired) electrons. The molecule has 1 amide bonds. The monoisotopic (exact) mass is 323 g/mol. The lowest BCUT2D eigenvalue weighted by atomic mass is 10.1. The molecule has 1 N–H and O–H groups in total. The third-order valence-corrected chi connectivity index (χ3v) is 3.61. The molecular formula is C18H17N3O3. The van der Waals surface area contributed by atoms with Crippen molar-refractivity contribution in [1.29, 1.82) is 0 Å². The fraction of sp³-hybridized carbons (Fsp3) is 0.222. The number of nitrogens with zero attached hydrogens (tertiary/aromatic N) is 2. The van der Waals surface area contributed by atoms with Gasteiger partial charge in [0.05, 0.1) is 24.4 Å². The Balaban J connectivity index is 1.55. The van der Waals surface area contributed by atoms with Crippen molar-refractivity contribution in [3.05, 3.63) is 60.2 Å². The summed E-state index contributed by atoms with van der Waals surface area (Å²) >= 11 is 0. The molecule has 0 unspecified atom stereocenters. The average molecular weight is 323 g/mol. The Morgan fingerprint density at radius 1 is 1.04 bits per heavy atom. The molecule has 1 fully saturated rings. The van der Waals surface area contributed by atoms with E-state index >= 15 is 0 Å². The lowest BCUT2D eigenvalue weighted by Gasteiger charge is -2.08. The molecule has 2 aromatic carbocycles. The van der Waals surface area contributed by atoms with Crippen molar-refractivity contribution in [2.75, 3.05) is 6.61 Å². The van der Waals surface area contributed by atoms with Crippen molar-refractivity contribution in [2.45, 2.75) is 18.9 Å². The number of benzene rings is 2. The van der Waals surface area contributed by atoms with E-state index in [-0.39, 0.29) is 18.3 Å². The van der Waals surface area contributed by atoms with E-state index in [1.54, 1.807) is 12.1 Å². The van der Waals surface area contributed by atoms with Crippen molar-refractivity contribution in [2.24, 2.45) is 10.2 Å². The van der Waals surface area contributed by atoms with Crippen molar-refractivity contribution < 1.29 is 14.3 Å². The Kier molecular flexibility index (Phi) is 4.96. The minimum Gasteiger partial charge on any atom is -0.464 e. The molecule has 1 aliphatic heterocycles. The molecule has 0 aliphatic carbocycles. The molecule has 1 atom stereocenters. The van der Waals surface area contributed by atoms with Gasteiger partial charge in [-0.15, -0.1) is 0 Å². The van der Waals surface area contributed by atoms with Crippen molar-refractivity contribution in [3.8, 4) is 0 Å². The second-order valence-corrected chi connectivity index (χ2v) is 5.46. The third kappa shape index (κ3) is 4.25. The largest absolute Gasteiger partial charge is 0.464 e. The Morgan fingerprint density at radius 3 is 2.33 bits per heavy atom. The number of amides is 1. The summed E-state index contributed by atoms with van der Waals surface area (Å²) in [5.74, 6) is -0.558. The van der Waals surface area contributed by atoms with E-state index in [0.29, 0.717) is 18.7 Å². The Morgan fingerprint density at radius 2 is 1.71 bits per heavy atom. The zero-order chi connectivity index (χ0) is 16.8. The van der Waals surface area contributed by atoms with Crippen LogP contribution in [0.5, 0.6) is 0 Å². The highest BCUT2D eigenvalue weighted by Crippen LogP contribution is 2.18. The van der Waals surface area contributed by atoms with Crippen LogP contribution in [0.4, 0.5) is 11.4 Å². The number of hydrogen-bond donors (Lipinski definition) is 1. The molecule has 0 bridgehead atoms. The van der Waals surface area contributed by atoms with E-state index in [2.05, 4.69) is 15.5 Å². The molecule has 1 aliphatic rings. The molecule has 1 saturated heterocycles. The molecule has 6 heteroatoms. The summed E-state index contributed by atoms with van der Waals surface area (Å²) < 4.78 is 4.82. The minimum atomic E-state index is -0.517. The quantitative estimate of drug-likeness (QED) is 0.678. The predicted molar refractivity (Wildman–Crippen MR) is 88.3 cm³/mol.